The quantitative estimate of drug-likeness (QED) is 0.560. The number of aromatic nitrogens is 1. The predicted molar refractivity (Wildman–Crippen MR) is 112 cm³/mol. The summed E-state index contributed by atoms with van der Waals surface area (Å²) in [5, 5.41) is 4.01. The van der Waals surface area contributed by atoms with Crippen molar-refractivity contribution in [1.29, 1.82) is 0 Å². The van der Waals surface area contributed by atoms with Crippen LogP contribution in [0.1, 0.15) is 17.5 Å². The Bertz CT molecular complexity index is 893. The van der Waals surface area contributed by atoms with Gasteiger partial charge in [0.25, 0.3) is 0 Å². The maximum atomic E-state index is 11.9. The normalized spacial score (nSPS) is 10.7. The molecule has 1 amide bonds. The van der Waals surface area contributed by atoms with Gasteiger partial charge in [0.05, 0.1) is 12.4 Å². The number of nitrogens with one attached hydrogen (secondary N) is 1. The minimum absolute atomic E-state index is 0.0690. The zero-order valence-electron chi connectivity index (χ0n) is 15.5. The van der Waals surface area contributed by atoms with Gasteiger partial charge in [-0.1, -0.05) is 48.0 Å². The summed E-state index contributed by atoms with van der Waals surface area (Å²) in [7, 11) is 0. The molecule has 140 valence electrons. The minimum atomic E-state index is 0.0690. The van der Waals surface area contributed by atoms with Gasteiger partial charge in [0, 0.05) is 23.9 Å². The van der Waals surface area contributed by atoms with E-state index in [2.05, 4.69) is 41.5 Å². The van der Waals surface area contributed by atoms with Gasteiger partial charge in [-0.3, -0.25) is 9.78 Å². The minimum Gasteiger partial charge on any atom is -0.491 e. The first kappa shape index (κ1) is 19.2. The highest BCUT2D eigenvalue weighted by Crippen LogP contribution is 2.22. The summed E-state index contributed by atoms with van der Waals surface area (Å²) in [5.41, 5.74) is 3.38. The smallest absolute Gasteiger partial charge is 0.230 e. The lowest BCUT2D eigenvalue weighted by Gasteiger charge is -2.09. The van der Waals surface area contributed by atoms with E-state index in [9.17, 15) is 4.79 Å². The summed E-state index contributed by atoms with van der Waals surface area (Å²) in [4.78, 5) is 16.3. The van der Waals surface area contributed by atoms with Gasteiger partial charge < -0.3 is 10.1 Å². The van der Waals surface area contributed by atoms with Crippen molar-refractivity contribution < 1.29 is 9.53 Å². The number of carbonyl (C=O) groups is 1. The van der Waals surface area contributed by atoms with Crippen molar-refractivity contribution in [1.82, 2.24) is 10.3 Å². The van der Waals surface area contributed by atoms with Crippen molar-refractivity contribution in [2.45, 2.75) is 19.1 Å². The molecule has 0 aliphatic carbocycles. The summed E-state index contributed by atoms with van der Waals surface area (Å²) >= 11 is 1.63. The van der Waals surface area contributed by atoms with E-state index < -0.39 is 0 Å². The molecule has 1 N–H and O–H groups in total. The van der Waals surface area contributed by atoms with Gasteiger partial charge in [-0.25, -0.2) is 0 Å². The van der Waals surface area contributed by atoms with E-state index in [0.29, 0.717) is 18.9 Å². The third-order valence-corrected chi connectivity index (χ3v) is 5.08. The molecule has 0 aliphatic heterocycles. The first-order valence-electron chi connectivity index (χ1n) is 9.09. The Kier molecular flexibility index (Phi) is 7.11. The topological polar surface area (TPSA) is 51.2 Å². The van der Waals surface area contributed by atoms with Crippen LogP contribution in [0.15, 0.2) is 60.8 Å². The Labute approximate surface area is 164 Å². The zero-order valence-corrected chi connectivity index (χ0v) is 16.3. The van der Waals surface area contributed by atoms with Gasteiger partial charge in [0.2, 0.25) is 5.91 Å². The van der Waals surface area contributed by atoms with Gasteiger partial charge in [0.1, 0.15) is 11.3 Å². The Hall–Kier alpha value is -2.53. The van der Waals surface area contributed by atoms with E-state index in [4.69, 9.17) is 4.74 Å². The van der Waals surface area contributed by atoms with Crippen LogP contribution in [0.25, 0.3) is 10.9 Å². The lowest BCUT2D eigenvalue weighted by atomic mass is 10.2. The average molecular weight is 381 g/mol. The Morgan fingerprint density at radius 1 is 1.15 bits per heavy atom. The summed E-state index contributed by atoms with van der Waals surface area (Å²) < 4.78 is 5.83. The van der Waals surface area contributed by atoms with E-state index in [1.54, 1.807) is 18.0 Å². The number of carbonyl (C=O) groups excluding carboxylic acids is 1. The fourth-order valence-corrected chi connectivity index (χ4v) is 3.59. The highest BCUT2D eigenvalue weighted by Gasteiger charge is 2.04. The third kappa shape index (κ3) is 6.00. The van der Waals surface area contributed by atoms with Crippen LogP contribution in [0.2, 0.25) is 0 Å². The molecule has 0 spiro atoms. The Morgan fingerprint density at radius 2 is 2.00 bits per heavy atom. The SMILES string of the molecule is Cc1cccc(CSCC(=O)NCCCOc2cccc3cccnc23)c1. The molecule has 2 aromatic carbocycles. The van der Waals surface area contributed by atoms with Gasteiger partial charge in [-0.2, -0.15) is 0 Å². The van der Waals surface area contributed by atoms with Crippen molar-refractivity contribution in [2.24, 2.45) is 0 Å². The molecule has 3 aromatic rings. The summed E-state index contributed by atoms with van der Waals surface area (Å²) in [5.74, 6) is 2.18. The van der Waals surface area contributed by atoms with Crippen LogP contribution in [0.5, 0.6) is 5.75 Å². The molecule has 5 heteroatoms. The number of fused-ring (bicyclic) bond motifs is 1. The first-order chi connectivity index (χ1) is 13.2. The Morgan fingerprint density at radius 3 is 2.89 bits per heavy atom. The zero-order chi connectivity index (χ0) is 18.9. The molecular weight excluding hydrogens is 356 g/mol. The molecule has 1 aromatic heterocycles. The van der Waals surface area contributed by atoms with E-state index in [0.717, 1.165) is 28.8 Å². The fourth-order valence-electron chi connectivity index (χ4n) is 2.79. The molecule has 0 fully saturated rings. The van der Waals surface area contributed by atoms with Crippen LogP contribution >= 0.6 is 11.8 Å². The van der Waals surface area contributed by atoms with Crippen molar-refractivity contribution >= 4 is 28.6 Å². The second-order valence-corrected chi connectivity index (χ2v) is 7.35. The van der Waals surface area contributed by atoms with Crippen molar-refractivity contribution in [2.75, 3.05) is 18.9 Å². The maximum Gasteiger partial charge on any atom is 0.230 e. The average Bonchev–Trinajstić information content (AvgIpc) is 2.68. The lowest BCUT2D eigenvalue weighted by molar-refractivity contribution is -0.118. The van der Waals surface area contributed by atoms with E-state index in [1.807, 2.05) is 30.3 Å². The second kappa shape index (κ2) is 9.97. The number of hydrogen-bond acceptors (Lipinski definition) is 4. The summed E-state index contributed by atoms with van der Waals surface area (Å²) in [6.45, 7) is 3.24. The number of nitrogens with zero attached hydrogens (tertiary/aromatic N) is 1. The number of para-hydroxylation sites is 1. The fraction of sp³-hybridized carbons (Fsp3) is 0.273. The summed E-state index contributed by atoms with van der Waals surface area (Å²) in [6.07, 6.45) is 2.53. The van der Waals surface area contributed by atoms with Crippen molar-refractivity contribution in [3.05, 3.63) is 71.9 Å². The van der Waals surface area contributed by atoms with E-state index in [-0.39, 0.29) is 5.91 Å². The van der Waals surface area contributed by atoms with Crippen LogP contribution in [0.4, 0.5) is 0 Å². The van der Waals surface area contributed by atoms with Crippen molar-refractivity contribution in [3.8, 4) is 5.75 Å². The van der Waals surface area contributed by atoms with Gasteiger partial charge in [-0.15, -0.1) is 11.8 Å². The molecule has 0 radical (unpaired) electrons. The van der Waals surface area contributed by atoms with Gasteiger partial charge in [0.15, 0.2) is 0 Å². The number of amides is 1. The highest BCUT2D eigenvalue weighted by atomic mass is 32.2. The van der Waals surface area contributed by atoms with Gasteiger partial charge >= 0.3 is 0 Å². The van der Waals surface area contributed by atoms with E-state index in [1.165, 1.54) is 11.1 Å². The molecule has 3 rings (SSSR count). The summed E-state index contributed by atoms with van der Waals surface area (Å²) in [6, 6.07) is 18.2. The molecule has 0 atom stereocenters. The number of pyridine rings is 1. The predicted octanol–water partition coefficient (Wildman–Crippen LogP) is 4.36. The number of aryl methyl sites for hydroxylation is 1. The van der Waals surface area contributed by atoms with Crippen LogP contribution in [-0.2, 0) is 10.5 Å². The van der Waals surface area contributed by atoms with Crippen LogP contribution in [0.3, 0.4) is 0 Å². The largest absolute Gasteiger partial charge is 0.491 e. The molecule has 0 aliphatic rings. The van der Waals surface area contributed by atoms with Crippen LogP contribution < -0.4 is 10.1 Å². The maximum absolute atomic E-state index is 11.9. The Balaban J connectivity index is 1.32. The number of rotatable bonds is 9. The number of ether oxygens (including phenoxy) is 1. The lowest BCUT2D eigenvalue weighted by Crippen LogP contribution is -2.27. The number of thioether (sulfide) groups is 1. The molecule has 0 saturated carbocycles. The molecule has 0 saturated heterocycles. The third-order valence-electron chi connectivity index (χ3n) is 4.08. The monoisotopic (exact) mass is 380 g/mol. The van der Waals surface area contributed by atoms with Crippen molar-refractivity contribution in [3.63, 3.8) is 0 Å². The highest BCUT2D eigenvalue weighted by molar-refractivity contribution is 7.99. The number of benzene rings is 2. The second-order valence-electron chi connectivity index (χ2n) is 6.37. The molecule has 0 unspecified atom stereocenters. The van der Waals surface area contributed by atoms with Crippen LogP contribution in [-0.4, -0.2) is 29.8 Å². The molecule has 27 heavy (non-hydrogen) atoms. The van der Waals surface area contributed by atoms with Gasteiger partial charge in [-0.05, 0) is 31.0 Å². The van der Waals surface area contributed by atoms with Crippen LogP contribution in [0, 0.1) is 6.92 Å². The molecular formula is C22H24N2O2S. The van der Waals surface area contributed by atoms with E-state index >= 15 is 0 Å². The number of hydrogen-bond donors (Lipinski definition) is 1. The standard InChI is InChI=1S/C22H24N2O2S/c1-17-6-2-7-18(14-17)15-27-16-21(25)23-12-5-13-26-20-10-3-8-19-9-4-11-24-22(19)20/h2-4,6-11,14H,5,12-13,15-16H2,1H3,(H,23,25). The molecule has 4 nitrogen and oxygen atoms in total. The first-order valence-corrected chi connectivity index (χ1v) is 10.2. The molecule has 0 bridgehead atoms. The molecule has 1 heterocycles.